The lowest BCUT2D eigenvalue weighted by Crippen LogP contribution is -1.96. The van der Waals surface area contributed by atoms with Crippen LogP contribution >= 0.6 is 0 Å². The molecule has 1 heterocycles. The van der Waals surface area contributed by atoms with Gasteiger partial charge in [0.25, 0.3) is 5.69 Å². The molecular weight excluding hydrogens is 222 g/mol. The van der Waals surface area contributed by atoms with Gasteiger partial charge in [-0.2, -0.15) is 0 Å². The third-order valence-corrected chi connectivity index (χ3v) is 1.91. The van der Waals surface area contributed by atoms with E-state index in [9.17, 15) is 20.2 Å². The second kappa shape index (κ2) is 3.12. The molecular formula is C6H3N5O5. The summed E-state index contributed by atoms with van der Waals surface area (Å²) in [5.41, 5.74) is -1.50. The van der Waals surface area contributed by atoms with Gasteiger partial charge >= 0.3 is 5.69 Å². The van der Waals surface area contributed by atoms with Crippen molar-refractivity contribution in [2.45, 2.75) is 0 Å². The van der Waals surface area contributed by atoms with E-state index in [0.717, 1.165) is 12.1 Å². The summed E-state index contributed by atoms with van der Waals surface area (Å²) in [5.74, 6) is 0. The fraction of sp³-hybridized carbons (Fsp3) is 0. The Balaban J connectivity index is 2.86. The third kappa shape index (κ3) is 1.28. The standard InChI is InChI=1S/C6H3N5O5/c12-9-4-1-3(10(13)14)2-5(11(15)16)6(4)7-8-9/h1-2,12H. The summed E-state index contributed by atoms with van der Waals surface area (Å²) in [5, 5.41) is 36.7. The van der Waals surface area contributed by atoms with E-state index >= 15 is 0 Å². The fourth-order valence-electron chi connectivity index (χ4n) is 1.22. The Morgan fingerprint density at radius 3 is 2.50 bits per heavy atom. The molecule has 0 spiro atoms. The minimum atomic E-state index is -0.829. The number of aromatic nitrogens is 3. The number of benzene rings is 1. The SMILES string of the molecule is O=[N+]([O-])c1cc([N+](=O)[O-])c2nnn(O)c2c1. The molecule has 0 bridgehead atoms. The molecule has 1 aromatic heterocycles. The van der Waals surface area contributed by atoms with Crippen LogP contribution in [0.2, 0.25) is 0 Å². The molecule has 0 saturated carbocycles. The highest BCUT2D eigenvalue weighted by Crippen LogP contribution is 2.28. The molecule has 82 valence electrons. The molecule has 16 heavy (non-hydrogen) atoms. The molecule has 10 heteroatoms. The van der Waals surface area contributed by atoms with Crippen molar-refractivity contribution in [2.75, 3.05) is 0 Å². The predicted octanol–water partition coefficient (Wildman–Crippen LogP) is 0.485. The Labute approximate surface area is 86.0 Å². The summed E-state index contributed by atoms with van der Waals surface area (Å²) in [6, 6.07) is 1.71. The zero-order valence-electron chi connectivity index (χ0n) is 7.47. The average Bonchev–Trinajstić information content (AvgIpc) is 2.59. The number of fused-ring (bicyclic) bond motifs is 1. The summed E-state index contributed by atoms with van der Waals surface area (Å²) < 4.78 is 0. The van der Waals surface area contributed by atoms with Crippen LogP contribution in [0, 0.1) is 20.2 Å². The van der Waals surface area contributed by atoms with Gasteiger partial charge in [0.1, 0.15) is 5.52 Å². The molecule has 0 aliphatic heterocycles. The summed E-state index contributed by atoms with van der Waals surface area (Å²) in [6.45, 7) is 0. The van der Waals surface area contributed by atoms with Gasteiger partial charge in [-0.1, -0.05) is 4.85 Å². The lowest BCUT2D eigenvalue weighted by Gasteiger charge is -1.94. The minimum absolute atomic E-state index is 0.194. The number of rotatable bonds is 2. The maximum atomic E-state index is 10.6. The molecule has 0 saturated heterocycles. The largest absolute Gasteiger partial charge is 0.410 e. The van der Waals surface area contributed by atoms with E-state index in [0.29, 0.717) is 0 Å². The number of nitro groups is 2. The van der Waals surface area contributed by atoms with Crippen molar-refractivity contribution < 1.29 is 15.1 Å². The summed E-state index contributed by atoms with van der Waals surface area (Å²) in [6.07, 6.45) is 0. The normalized spacial score (nSPS) is 10.5. The van der Waals surface area contributed by atoms with Gasteiger partial charge in [-0.15, -0.1) is 5.10 Å². The maximum absolute atomic E-state index is 10.6. The molecule has 10 nitrogen and oxygen atoms in total. The van der Waals surface area contributed by atoms with Crippen LogP contribution in [0.15, 0.2) is 12.1 Å². The highest BCUT2D eigenvalue weighted by atomic mass is 16.6. The number of nitro benzene ring substituents is 2. The molecule has 0 radical (unpaired) electrons. The second-order valence-electron chi connectivity index (χ2n) is 2.83. The molecule has 0 aliphatic rings. The Kier molecular flexibility index (Phi) is 1.90. The second-order valence-corrected chi connectivity index (χ2v) is 2.83. The van der Waals surface area contributed by atoms with E-state index in [1.807, 2.05) is 0 Å². The van der Waals surface area contributed by atoms with Gasteiger partial charge in [-0.3, -0.25) is 20.2 Å². The van der Waals surface area contributed by atoms with Crippen LogP contribution in [0.3, 0.4) is 0 Å². The van der Waals surface area contributed by atoms with Crippen molar-refractivity contribution in [3.8, 4) is 0 Å². The van der Waals surface area contributed by atoms with Gasteiger partial charge in [0.15, 0.2) is 5.52 Å². The minimum Gasteiger partial charge on any atom is -0.410 e. The van der Waals surface area contributed by atoms with Crippen LogP contribution in [-0.4, -0.2) is 30.2 Å². The highest BCUT2D eigenvalue weighted by Gasteiger charge is 2.23. The van der Waals surface area contributed by atoms with E-state index in [1.54, 1.807) is 0 Å². The number of nitrogens with zero attached hydrogens (tertiary/aromatic N) is 5. The van der Waals surface area contributed by atoms with Gasteiger partial charge in [0, 0.05) is 6.07 Å². The van der Waals surface area contributed by atoms with Crippen LogP contribution in [-0.2, 0) is 0 Å². The molecule has 0 fully saturated rings. The first-order valence-electron chi connectivity index (χ1n) is 3.88. The van der Waals surface area contributed by atoms with E-state index in [-0.39, 0.29) is 15.9 Å². The monoisotopic (exact) mass is 225 g/mol. The maximum Gasteiger partial charge on any atom is 0.306 e. The average molecular weight is 225 g/mol. The lowest BCUT2D eigenvalue weighted by molar-refractivity contribution is -0.393. The fourth-order valence-corrected chi connectivity index (χ4v) is 1.22. The van der Waals surface area contributed by atoms with Crippen molar-refractivity contribution >= 4 is 22.4 Å². The highest BCUT2D eigenvalue weighted by molar-refractivity contribution is 5.86. The molecule has 0 aliphatic carbocycles. The third-order valence-electron chi connectivity index (χ3n) is 1.91. The van der Waals surface area contributed by atoms with Crippen molar-refractivity contribution in [3.63, 3.8) is 0 Å². The van der Waals surface area contributed by atoms with Crippen LogP contribution in [0.1, 0.15) is 0 Å². The molecule has 1 N–H and O–H groups in total. The van der Waals surface area contributed by atoms with E-state index in [1.165, 1.54) is 0 Å². The first kappa shape index (κ1) is 9.76. The number of hydrogen-bond acceptors (Lipinski definition) is 7. The summed E-state index contributed by atoms with van der Waals surface area (Å²) >= 11 is 0. The van der Waals surface area contributed by atoms with Crippen LogP contribution in [0.4, 0.5) is 11.4 Å². The first-order valence-corrected chi connectivity index (χ1v) is 3.88. The van der Waals surface area contributed by atoms with Crippen LogP contribution in [0.5, 0.6) is 0 Å². The van der Waals surface area contributed by atoms with Crippen molar-refractivity contribution in [1.82, 2.24) is 15.2 Å². The van der Waals surface area contributed by atoms with Crippen molar-refractivity contribution in [1.29, 1.82) is 0 Å². The molecule has 0 amide bonds. The molecule has 0 unspecified atom stereocenters. The Hall–Kier alpha value is -2.78. The predicted molar refractivity (Wildman–Crippen MR) is 48.0 cm³/mol. The quantitative estimate of drug-likeness (QED) is 0.445. The van der Waals surface area contributed by atoms with Gasteiger partial charge in [-0.25, -0.2) is 0 Å². The summed E-state index contributed by atoms with van der Waals surface area (Å²) in [4.78, 5) is 19.7. The topological polar surface area (TPSA) is 137 Å². The van der Waals surface area contributed by atoms with Gasteiger partial charge < -0.3 is 5.21 Å². The van der Waals surface area contributed by atoms with Crippen LogP contribution < -0.4 is 0 Å². The smallest absolute Gasteiger partial charge is 0.306 e. The van der Waals surface area contributed by atoms with E-state index in [4.69, 9.17) is 5.21 Å². The Morgan fingerprint density at radius 1 is 1.25 bits per heavy atom. The number of non-ortho nitro benzene ring substituents is 2. The van der Waals surface area contributed by atoms with E-state index < -0.39 is 21.2 Å². The van der Waals surface area contributed by atoms with Crippen molar-refractivity contribution in [2.24, 2.45) is 0 Å². The van der Waals surface area contributed by atoms with E-state index in [2.05, 4.69) is 10.3 Å². The zero-order valence-corrected chi connectivity index (χ0v) is 7.47. The lowest BCUT2D eigenvalue weighted by atomic mass is 10.2. The summed E-state index contributed by atoms with van der Waals surface area (Å²) in [7, 11) is 0. The van der Waals surface area contributed by atoms with Gasteiger partial charge in [-0.05, 0) is 5.21 Å². The molecule has 2 rings (SSSR count). The molecule has 0 atom stereocenters. The number of hydrogen-bond donors (Lipinski definition) is 1. The van der Waals surface area contributed by atoms with Gasteiger partial charge in [0.2, 0.25) is 0 Å². The zero-order chi connectivity index (χ0) is 11.9. The van der Waals surface area contributed by atoms with Gasteiger partial charge in [0.05, 0.1) is 15.9 Å². The molecule has 2 aromatic rings. The molecule has 1 aromatic carbocycles. The van der Waals surface area contributed by atoms with Crippen molar-refractivity contribution in [3.05, 3.63) is 32.4 Å². The Bertz CT molecular complexity index is 605. The first-order chi connectivity index (χ1) is 7.50. The van der Waals surface area contributed by atoms with Crippen LogP contribution in [0.25, 0.3) is 11.0 Å². The Morgan fingerprint density at radius 2 is 1.94 bits per heavy atom.